The number of carboxylic acid groups (broad SMARTS) is 1. The Morgan fingerprint density at radius 3 is 2.28 bits per heavy atom. The number of amides is 4. The van der Waals surface area contributed by atoms with Crippen molar-refractivity contribution >= 4 is 29.6 Å². The number of rotatable bonds is 12. The van der Waals surface area contributed by atoms with Gasteiger partial charge in [0.2, 0.25) is 23.6 Å². The molecule has 13 heteroatoms. The molecule has 3 rings (SSSR count). The van der Waals surface area contributed by atoms with E-state index in [1.54, 1.807) is 12.1 Å². The summed E-state index contributed by atoms with van der Waals surface area (Å²) in [7, 11) is 0. The van der Waals surface area contributed by atoms with Crippen LogP contribution in [0.15, 0.2) is 30.3 Å². The molecule has 0 radical (unpaired) electrons. The molecule has 0 saturated carbocycles. The summed E-state index contributed by atoms with van der Waals surface area (Å²) in [6.45, 7) is 1.36. The zero-order valence-corrected chi connectivity index (χ0v) is 21.8. The third-order valence-corrected chi connectivity index (χ3v) is 6.97. The van der Waals surface area contributed by atoms with Gasteiger partial charge in [-0.15, -0.1) is 0 Å². The lowest BCUT2D eigenvalue weighted by atomic mass is 10.0. The Bertz CT molecular complexity index is 1030. The quantitative estimate of drug-likeness (QED) is 0.153. The summed E-state index contributed by atoms with van der Waals surface area (Å²) in [6.07, 6.45) is 0.983. The average Bonchev–Trinajstić information content (AvgIpc) is 3.62. The fourth-order valence-electron chi connectivity index (χ4n) is 4.82. The smallest absolute Gasteiger partial charge is 0.328 e. The topological polar surface area (TPSA) is 197 Å². The number of benzene rings is 1. The van der Waals surface area contributed by atoms with Crippen LogP contribution in [0, 0.1) is 0 Å². The maximum Gasteiger partial charge on any atom is 0.328 e. The van der Waals surface area contributed by atoms with Gasteiger partial charge in [-0.05, 0) is 44.7 Å². The Balaban J connectivity index is 1.74. The van der Waals surface area contributed by atoms with E-state index in [0.717, 1.165) is 12.0 Å². The second-order valence-corrected chi connectivity index (χ2v) is 9.90. The molecule has 0 unspecified atom stereocenters. The number of carboxylic acids is 1. The SMILES string of the molecule is C[C@@H](O)[C@H](NC(=O)[C@H](Cc1ccccc1)NC(=O)[C@@H]1CCCN1)C(=O)N1CCC[C@H]1C(=O)N[C@@H](CO)C(=O)O. The van der Waals surface area contributed by atoms with E-state index >= 15 is 0 Å². The van der Waals surface area contributed by atoms with Crippen molar-refractivity contribution in [1.29, 1.82) is 0 Å². The number of nitrogens with zero attached hydrogens (tertiary/aromatic N) is 1. The average molecular weight is 548 g/mol. The van der Waals surface area contributed by atoms with Crippen LogP contribution < -0.4 is 21.3 Å². The van der Waals surface area contributed by atoms with Crippen LogP contribution in [0.25, 0.3) is 0 Å². The number of carbonyl (C=O) groups is 5. The Hall–Kier alpha value is -3.55. The first-order chi connectivity index (χ1) is 18.6. The van der Waals surface area contributed by atoms with Gasteiger partial charge in [0.25, 0.3) is 0 Å². The molecule has 1 aromatic rings. The number of carbonyl (C=O) groups excluding carboxylic acids is 4. The normalized spacial score (nSPS) is 21.9. The minimum Gasteiger partial charge on any atom is -0.480 e. The van der Waals surface area contributed by atoms with Crippen LogP contribution in [0.2, 0.25) is 0 Å². The first-order valence-corrected chi connectivity index (χ1v) is 13.1. The summed E-state index contributed by atoms with van der Waals surface area (Å²) in [5, 5.41) is 39.4. The predicted octanol–water partition coefficient (Wildman–Crippen LogP) is -2.12. The van der Waals surface area contributed by atoms with Crippen LogP contribution in [0.3, 0.4) is 0 Å². The minimum atomic E-state index is -1.53. The standard InChI is InChI=1S/C26H37N5O8/c1-15(33)21(25(37)31-12-6-10-20(31)24(36)29-19(14-32)26(38)39)30-23(35)18(13-16-7-3-2-4-8-16)28-22(34)17-9-5-11-27-17/h2-4,7-8,15,17-21,27,32-33H,5-6,9-14H2,1H3,(H,28,34)(H,29,36)(H,30,35)(H,38,39)/t15-,17+,18+,19+,20+,21+/m1/s1. The number of hydrogen-bond acceptors (Lipinski definition) is 8. The summed E-state index contributed by atoms with van der Waals surface area (Å²) in [6, 6.07) is 3.61. The number of aliphatic hydroxyl groups excluding tert-OH is 2. The maximum atomic E-state index is 13.4. The number of aliphatic carboxylic acids is 1. The van der Waals surface area contributed by atoms with Crippen molar-refractivity contribution < 1.29 is 39.3 Å². The summed E-state index contributed by atoms with van der Waals surface area (Å²) >= 11 is 0. The molecule has 13 nitrogen and oxygen atoms in total. The highest BCUT2D eigenvalue weighted by molar-refractivity contribution is 5.96. The van der Waals surface area contributed by atoms with Gasteiger partial charge < -0.3 is 41.5 Å². The largest absolute Gasteiger partial charge is 0.480 e. The van der Waals surface area contributed by atoms with Crippen LogP contribution in [0.4, 0.5) is 0 Å². The molecule has 0 spiro atoms. The summed E-state index contributed by atoms with van der Waals surface area (Å²) in [5.41, 5.74) is 0.783. The summed E-state index contributed by atoms with van der Waals surface area (Å²) < 4.78 is 0. The Morgan fingerprint density at radius 1 is 1.00 bits per heavy atom. The second-order valence-electron chi connectivity index (χ2n) is 9.90. The number of aliphatic hydroxyl groups is 2. The molecule has 1 aromatic carbocycles. The summed E-state index contributed by atoms with van der Waals surface area (Å²) in [5.74, 6) is -3.90. The molecule has 4 amide bonds. The van der Waals surface area contributed by atoms with Gasteiger partial charge in [0.1, 0.15) is 24.2 Å². The van der Waals surface area contributed by atoms with Gasteiger partial charge in [-0.2, -0.15) is 0 Å². The van der Waals surface area contributed by atoms with E-state index in [9.17, 15) is 34.2 Å². The van der Waals surface area contributed by atoms with Crippen LogP contribution in [-0.2, 0) is 30.4 Å². The van der Waals surface area contributed by atoms with E-state index < -0.39 is 66.6 Å². The molecule has 0 bridgehead atoms. The third-order valence-electron chi connectivity index (χ3n) is 6.97. The lowest BCUT2D eigenvalue weighted by Crippen LogP contribution is -2.61. The zero-order valence-electron chi connectivity index (χ0n) is 21.8. The number of nitrogens with one attached hydrogen (secondary N) is 4. The van der Waals surface area contributed by atoms with Gasteiger partial charge >= 0.3 is 5.97 Å². The highest BCUT2D eigenvalue weighted by Crippen LogP contribution is 2.20. The molecule has 2 aliphatic heterocycles. The van der Waals surface area contributed by atoms with Crippen LogP contribution in [0.5, 0.6) is 0 Å². The zero-order chi connectivity index (χ0) is 28.5. The van der Waals surface area contributed by atoms with E-state index in [1.807, 2.05) is 18.2 Å². The lowest BCUT2D eigenvalue weighted by Gasteiger charge is -2.31. The Morgan fingerprint density at radius 2 is 1.69 bits per heavy atom. The second kappa shape index (κ2) is 14.0. The fraction of sp³-hybridized carbons (Fsp3) is 0.577. The van der Waals surface area contributed by atoms with Crippen molar-refractivity contribution in [1.82, 2.24) is 26.2 Å². The van der Waals surface area contributed by atoms with Crippen molar-refractivity contribution in [2.75, 3.05) is 19.7 Å². The van der Waals surface area contributed by atoms with Gasteiger partial charge in [0, 0.05) is 13.0 Å². The molecule has 2 aliphatic rings. The van der Waals surface area contributed by atoms with Crippen molar-refractivity contribution in [3.8, 4) is 0 Å². The molecule has 6 atom stereocenters. The van der Waals surface area contributed by atoms with E-state index in [1.165, 1.54) is 11.8 Å². The monoisotopic (exact) mass is 547 g/mol. The van der Waals surface area contributed by atoms with Gasteiger partial charge in [-0.25, -0.2) is 4.79 Å². The molecular formula is C26H37N5O8. The fourth-order valence-corrected chi connectivity index (χ4v) is 4.82. The van der Waals surface area contributed by atoms with Gasteiger partial charge in [-0.1, -0.05) is 30.3 Å². The lowest BCUT2D eigenvalue weighted by molar-refractivity contribution is -0.146. The van der Waals surface area contributed by atoms with E-state index in [2.05, 4.69) is 21.3 Å². The van der Waals surface area contributed by atoms with Crippen LogP contribution >= 0.6 is 0 Å². The predicted molar refractivity (Wildman–Crippen MR) is 138 cm³/mol. The number of hydrogen-bond donors (Lipinski definition) is 7. The van der Waals surface area contributed by atoms with Crippen molar-refractivity contribution in [2.24, 2.45) is 0 Å². The first-order valence-electron chi connectivity index (χ1n) is 13.1. The van der Waals surface area contributed by atoms with Gasteiger partial charge in [-0.3, -0.25) is 19.2 Å². The van der Waals surface area contributed by atoms with Crippen LogP contribution in [0.1, 0.15) is 38.2 Å². The Labute approximate surface area is 226 Å². The maximum absolute atomic E-state index is 13.4. The minimum absolute atomic E-state index is 0.151. The molecule has 0 aliphatic carbocycles. The highest BCUT2D eigenvalue weighted by Gasteiger charge is 2.41. The summed E-state index contributed by atoms with van der Waals surface area (Å²) in [4.78, 5) is 64.8. The first kappa shape index (κ1) is 30.0. The van der Waals surface area contributed by atoms with Crippen molar-refractivity contribution in [2.45, 2.75) is 75.3 Å². The third kappa shape index (κ3) is 7.97. The van der Waals surface area contributed by atoms with E-state index in [0.29, 0.717) is 19.4 Å². The molecule has 7 N–H and O–H groups in total. The number of likely N-dealkylation sites (tertiary alicyclic amines) is 1. The van der Waals surface area contributed by atoms with Gasteiger partial charge in [0.15, 0.2) is 0 Å². The van der Waals surface area contributed by atoms with E-state index in [4.69, 9.17) is 5.11 Å². The van der Waals surface area contributed by atoms with Crippen LogP contribution in [-0.4, -0.2) is 106 Å². The molecule has 0 aromatic heterocycles. The molecule has 2 fully saturated rings. The molecule has 2 heterocycles. The Kier molecular flexibility index (Phi) is 10.8. The van der Waals surface area contributed by atoms with Gasteiger partial charge in [0.05, 0.1) is 18.8 Å². The molecule has 2 saturated heterocycles. The molecular weight excluding hydrogens is 510 g/mol. The van der Waals surface area contributed by atoms with Crippen molar-refractivity contribution in [3.63, 3.8) is 0 Å². The van der Waals surface area contributed by atoms with Crippen molar-refractivity contribution in [3.05, 3.63) is 35.9 Å². The highest BCUT2D eigenvalue weighted by atomic mass is 16.4. The van der Waals surface area contributed by atoms with E-state index in [-0.39, 0.29) is 25.3 Å². The molecule has 39 heavy (non-hydrogen) atoms. The molecule has 214 valence electrons.